The SMILES string of the molecule is C=CCNC(=O)C(=O)C(CCC)NC(=O)C1CC(OC(C)(C)C)CN1C(=O)OCC1c2ccccc2-c2ccccc21. The van der Waals surface area contributed by atoms with Gasteiger partial charge in [-0.2, -0.15) is 0 Å². The second-order valence-electron chi connectivity index (χ2n) is 11.8. The van der Waals surface area contributed by atoms with E-state index in [2.05, 4.69) is 29.3 Å². The number of ether oxygens (including phenoxy) is 2. The number of rotatable bonds is 11. The van der Waals surface area contributed by atoms with Crippen molar-refractivity contribution in [1.29, 1.82) is 0 Å². The third-order valence-corrected chi connectivity index (χ3v) is 7.50. The standard InChI is InChI=1S/C33H41N3O6/c1-6-12-27(29(37)31(39)34-17-7-2)35-30(38)28-18-21(42-33(3,4)5)19-36(28)32(40)41-20-26-24-15-10-8-13-22(24)23-14-9-11-16-25(23)26/h7-11,13-16,21,26-28H,2,6,12,17-20H2,1,3-5H3,(H,34,39)(H,35,38). The van der Waals surface area contributed by atoms with Crippen molar-refractivity contribution in [3.8, 4) is 11.1 Å². The summed E-state index contributed by atoms with van der Waals surface area (Å²) in [6, 6.07) is 14.2. The summed E-state index contributed by atoms with van der Waals surface area (Å²) in [7, 11) is 0. The van der Waals surface area contributed by atoms with Gasteiger partial charge < -0.3 is 20.1 Å². The molecule has 2 aromatic carbocycles. The van der Waals surface area contributed by atoms with Gasteiger partial charge in [-0.15, -0.1) is 6.58 Å². The Balaban J connectivity index is 1.50. The van der Waals surface area contributed by atoms with Crippen molar-refractivity contribution in [3.05, 3.63) is 72.3 Å². The molecular weight excluding hydrogens is 534 g/mol. The number of hydrogen-bond donors (Lipinski definition) is 2. The average molecular weight is 576 g/mol. The van der Waals surface area contributed by atoms with Crippen molar-refractivity contribution in [1.82, 2.24) is 15.5 Å². The number of carbonyl (C=O) groups is 4. The van der Waals surface area contributed by atoms with Gasteiger partial charge in [0.1, 0.15) is 12.6 Å². The molecule has 42 heavy (non-hydrogen) atoms. The fourth-order valence-corrected chi connectivity index (χ4v) is 5.75. The number of likely N-dealkylation sites (tertiary alicyclic amines) is 1. The van der Waals surface area contributed by atoms with Crippen LogP contribution in [0.2, 0.25) is 0 Å². The number of amides is 3. The second kappa shape index (κ2) is 13.3. The van der Waals surface area contributed by atoms with Crippen molar-refractivity contribution >= 4 is 23.7 Å². The number of Topliss-reactive ketones (excluding diaryl/α,β-unsaturated/α-hetero) is 1. The van der Waals surface area contributed by atoms with Gasteiger partial charge in [-0.1, -0.05) is 68.0 Å². The summed E-state index contributed by atoms with van der Waals surface area (Å²) in [5.74, 6) is -2.17. The Bertz CT molecular complexity index is 1290. The van der Waals surface area contributed by atoms with Crippen LogP contribution in [-0.4, -0.2) is 72.1 Å². The molecule has 2 aliphatic rings. The fourth-order valence-electron chi connectivity index (χ4n) is 5.75. The Morgan fingerprint density at radius 3 is 2.24 bits per heavy atom. The lowest BCUT2D eigenvalue weighted by Crippen LogP contribution is -2.53. The van der Waals surface area contributed by atoms with Crippen LogP contribution in [0, 0.1) is 0 Å². The number of carbonyl (C=O) groups excluding carboxylic acids is 4. The van der Waals surface area contributed by atoms with Gasteiger partial charge >= 0.3 is 6.09 Å². The number of benzene rings is 2. The molecule has 1 aliphatic heterocycles. The van der Waals surface area contributed by atoms with Gasteiger partial charge in [0.2, 0.25) is 11.7 Å². The van der Waals surface area contributed by atoms with Crippen LogP contribution in [0.1, 0.15) is 64.0 Å². The first-order valence-corrected chi connectivity index (χ1v) is 14.6. The minimum absolute atomic E-state index is 0.114. The van der Waals surface area contributed by atoms with Crippen LogP contribution in [0.4, 0.5) is 4.79 Å². The van der Waals surface area contributed by atoms with E-state index in [9.17, 15) is 19.2 Å². The highest BCUT2D eigenvalue weighted by Gasteiger charge is 2.44. The quantitative estimate of drug-likeness (QED) is 0.304. The molecule has 0 radical (unpaired) electrons. The first kappa shape index (κ1) is 31.0. The topological polar surface area (TPSA) is 114 Å². The molecule has 0 spiro atoms. The summed E-state index contributed by atoms with van der Waals surface area (Å²) in [5.41, 5.74) is 3.93. The van der Waals surface area contributed by atoms with E-state index in [0.717, 1.165) is 22.3 Å². The highest BCUT2D eigenvalue weighted by molar-refractivity contribution is 6.38. The zero-order chi connectivity index (χ0) is 30.4. The van der Waals surface area contributed by atoms with E-state index in [1.165, 1.54) is 11.0 Å². The smallest absolute Gasteiger partial charge is 0.410 e. The molecule has 0 bridgehead atoms. The van der Waals surface area contributed by atoms with Crippen molar-refractivity contribution in [2.24, 2.45) is 0 Å². The lowest BCUT2D eigenvalue weighted by atomic mass is 9.98. The summed E-state index contributed by atoms with van der Waals surface area (Å²) in [5, 5.41) is 5.20. The Hall–Kier alpha value is -3.98. The van der Waals surface area contributed by atoms with E-state index in [1.54, 1.807) is 0 Å². The maximum absolute atomic E-state index is 13.6. The molecule has 0 aromatic heterocycles. The predicted octanol–water partition coefficient (Wildman–Crippen LogP) is 4.35. The summed E-state index contributed by atoms with van der Waals surface area (Å²) < 4.78 is 12.0. The van der Waals surface area contributed by atoms with Gasteiger partial charge in [0.05, 0.1) is 24.3 Å². The zero-order valence-electron chi connectivity index (χ0n) is 24.9. The summed E-state index contributed by atoms with van der Waals surface area (Å²) in [6.45, 7) is 11.6. The van der Waals surface area contributed by atoms with Crippen LogP contribution >= 0.6 is 0 Å². The third-order valence-electron chi connectivity index (χ3n) is 7.50. The van der Waals surface area contributed by atoms with E-state index < -0.39 is 47.5 Å². The van der Waals surface area contributed by atoms with E-state index in [1.807, 2.05) is 64.1 Å². The molecule has 3 amide bonds. The Kier molecular flexibility index (Phi) is 9.83. The number of fused-ring (bicyclic) bond motifs is 3. The Morgan fingerprint density at radius 2 is 1.67 bits per heavy atom. The molecule has 9 nitrogen and oxygen atoms in total. The van der Waals surface area contributed by atoms with Gasteiger partial charge in [0.15, 0.2) is 0 Å². The Morgan fingerprint density at radius 1 is 1.05 bits per heavy atom. The van der Waals surface area contributed by atoms with Gasteiger partial charge in [0, 0.05) is 18.9 Å². The molecule has 0 saturated carbocycles. The monoisotopic (exact) mass is 575 g/mol. The summed E-state index contributed by atoms with van der Waals surface area (Å²) in [4.78, 5) is 53.6. The molecule has 2 N–H and O–H groups in total. The van der Waals surface area contributed by atoms with Crippen LogP contribution in [-0.2, 0) is 23.9 Å². The van der Waals surface area contributed by atoms with E-state index in [-0.39, 0.29) is 38.5 Å². The molecule has 4 rings (SSSR count). The molecule has 1 heterocycles. The molecule has 2 aromatic rings. The van der Waals surface area contributed by atoms with Crippen LogP contribution in [0.25, 0.3) is 11.1 Å². The number of nitrogens with one attached hydrogen (secondary N) is 2. The maximum atomic E-state index is 13.6. The predicted molar refractivity (Wildman–Crippen MR) is 160 cm³/mol. The van der Waals surface area contributed by atoms with Crippen LogP contribution in [0.3, 0.4) is 0 Å². The summed E-state index contributed by atoms with van der Waals surface area (Å²) in [6.07, 6.45) is 1.53. The molecule has 3 atom stereocenters. The van der Waals surface area contributed by atoms with Crippen molar-refractivity contribution in [3.63, 3.8) is 0 Å². The summed E-state index contributed by atoms with van der Waals surface area (Å²) >= 11 is 0. The number of nitrogens with zero attached hydrogens (tertiary/aromatic N) is 1. The Labute approximate surface area is 247 Å². The molecule has 9 heteroatoms. The number of ketones is 1. The molecule has 3 unspecified atom stereocenters. The van der Waals surface area contributed by atoms with Gasteiger partial charge in [0.25, 0.3) is 5.91 Å². The largest absolute Gasteiger partial charge is 0.448 e. The lowest BCUT2D eigenvalue weighted by molar-refractivity contribution is -0.140. The highest BCUT2D eigenvalue weighted by Crippen LogP contribution is 2.44. The van der Waals surface area contributed by atoms with Crippen LogP contribution in [0.5, 0.6) is 0 Å². The first-order valence-electron chi connectivity index (χ1n) is 14.6. The normalized spacial score (nSPS) is 18.5. The third kappa shape index (κ3) is 7.07. The van der Waals surface area contributed by atoms with Crippen LogP contribution < -0.4 is 10.6 Å². The molecule has 224 valence electrons. The minimum atomic E-state index is -1.01. The lowest BCUT2D eigenvalue weighted by Gasteiger charge is -2.26. The van der Waals surface area contributed by atoms with E-state index >= 15 is 0 Å². The van der Waals surface area contributed by atoms with Crippen LogP contribution in [0.15, 0.2) is 61.2 Å². The molecule has 1 aliphatic carbocycles. The van der Waals surface area contributed by atoms with Gasteiger partial charge in [-0.3, -0.25) is 19.3 Å². The molecule has 1 saturated heterocycles. The first-order chi connectivity index (χ1) is 20.0. The second-order valence-corrected chi connectivity index (χ2v) is 11.8. The van der Waals surface area contributed by atoms with E-state index in [4.69, 9.17) is 9.47 Å². The van der Waals surface area contributed by atoms with Gasteiger partial charge in [-0.05, 0) is 49.4 Å². The number of hydrogen-bond acceptors (Lipinski definition) is 6. The van der Waals surface area contributed by atoms with E-state index in [0.29, 0.717) is 6.42 Å². The average Bonchev–Trinajstić information content (AvgIpc) is 3.52. The molecular formula is C33H41N3O6. The highest BCUT2D eigenvalue weighted by atomic mass is 16.6. The van der Waals surface area contributed by atoms with Gasteiger partial charge in [-0.25, -0.2) is 4.79 Å². The molecule has 1 fully saturated rings. The fraction of sp³-hybridized carbons (Fsp3) is 0.455. The maximum Gasteiger partial charge on any atom is 0.410 e. The van der Waals surface area contributed by atoms with Crippen molar-refractivity contribution in [2.45, 2.75) is 76.7 Å². The van der Waals surface area contributed by atoms with Crippen molar-refractivity contribution in [2.75, 3.05) is 19.7 Å². The van der Waals surface area contributed by atoms with Crippen molar-refractivity contribution < 1.29 is 28.7 Å². The zero-order valence-corrected chi connectivity index (χ0v) is 24.9. The minimum Gasteiger partial charge on any atom is -0.448 e.